The van der Waals surface area contributed by atoms with E-state index in [1.807, 2.05) is 24.4 Å². The van der Waals surface area contributed by atoms with Crippen LogP contribution in [-0.2, 0) is 6.54 Å². The van der Waals surface area contributed by atoms with E-state index in [-0.39, 0.29) is 17.5 Å². The molecule has 3 aromatic rings. The van der Waals surface area contributed by atoms with Crippen LogP contribution in [0.2, 0.25) is 0 Å². The van der Waals surface area contributed by atoms with E-state index in [9.17, 15) is 9.18 Å². The zero-order valence-electron chi connectivity index (χ0n) is 15.1. The minimum atomic E-state index is -0.310. The summed E-state index contributed by atoms with van der Waals surface area (Å²) in [5.74, 6) is 0.772. The Kier molecular flexibility index (Phi) is 5.12. The van der Waals surface area contributed by atoms with Crippen molar-refractivity contribution in [1.29, 1.82) is 0 Å². The summed E-state index contributed by atoms with van der Waals surface area (Å²) in [4.78, 5) is 22.8. The molecular weight excluding hydrogens is 341 g/mol. The summed E-state index contributed by atoms with van der Waals surface area (Å²) in [6, 6.07) is 16.0. The predicted molar refractivity (Wildman–Crippen MR) is 103 cm³/mol. The van der Waals surface area contributed by atoms with E-state index in [1.54, 1.807) is 12.1 Å². The fourth-order valence-corrected chi connectivity index (χ4v) is 3.62. The van der Waals surface area contributed by atoms with Gasteiger partial charge in [0.05, 0.1) is 18.4 Å². The molecule has 1 N–H and O–H groups in total. The molecule has 0 unspecified atom stereocenters. The summed E-state index contributed by atoms with van der Waals surface area (Å²) >= 11 is 0. The van der Waals surface area contributed by atoms with E-state index >= 15 is 0 Å². The highest BCUT2D eigenvalue weighted by molar-refractivity contribution is 5.97. The molecule has 27 heavy (non-hydrogen) atoms. The highest BCUT2D eigenvalue weighted by atomic mass is 19.1. The third-order valence-electron chi connectivity index (χ3n) is 5.17. The molecular formula is C22H22FN3O. The van der Waals surface area contributed by atoms with Gasteiger partial charge < -0.3 is 4.98 Å². The van der Waals surface area contributed by atoms with Crippen LogP contribution < -0.4 is 0 Å². The number of aromatic amines is 1. The molecule has 1 aliphatic rings. The molecule has 0 bridgehead atoms. The largest absolute Gasteiger partial charge is 0.341 e. The average Bonchev–Trinajstić information content (AvgIpc) is 3.18. The minimum absolute atomic E-state index is 0.0168. The molecule has 2 heterocycles. The standard InChI is InChI=1S/C22H22FN3O/c23-19-8-6-17(7-9-19)22(27)18-10-12-26(13-11-18)15-21-24-14-20(25-21)16-4-2-1-3-5-16/h1-9,14,18H,10-13,15H2,(H,24,25). The molecule has 4 rings (SSSR count). The van der Waals surface area contributed by atoms with E-state index in [2.05, 4.69) is 27.0 Å². The normalized spacial score (nSPS) is 15.7. The maximum absolute atomic E-state index is 13.0. The van der Waals surface area contributed by atoms with Crippen LogP contribution in [-0.4, -0.2) is 33.7 Å². The van der Waals surface area contributed by atoms with Gasteiger partial charge in [-0.05, 0) is 55.8 Å². The number of carbonyl (C=O) groups excluding carboxylic acids is 1. The second kappa shape index (κ2) is 7.84. The summed E-state index contributed by atoms with van der Waals surface area (Å²) in [7, 11) is 0. The first-order valence-electron chi connectivity index (χ1n) is 9.30. The Morgan fingerprint density at radius 2 is 1.78 bits per heavy atom. The molecule has 0 spiro atoms. The Morgan fingerprint density at radius 3 is 2.48 bits per heavy atom. The van der Waals surface area contributed by atoms with Gasteiger partial charge in [0, 0.05) is 11.5 Å². The van der Waals surface area contributed by atoms with E-state index in [4.69, 9.17) is 0 Å². The topological polar surface area (TPSA) is 49.0 Å². The third kappa shape index (κ3) is 4.14. The Hall–Kier alpha value is -2.79. The number of hydrogen-bond donors (Lipinski definition) is 1. The number of hydrogen-bond acceptors (Lipinski definition) is 3. The van der Waals surface area contributed by atoms with Crippen LogP contribution in [0.25, 0.3) is 11.3 Å². The van der Waals surface area contributed by atoms with Crippen LogP contribution in [0, 0.1) is 11.7 Å². The smallest absolute Gasteiger partial charge is 0.166 e. The first kappa shape index (κ1) is 17.6. The summed E-state index contributed by atoms with van der Waals surface area (Å²) in [6.07, 6.45) is 3.51. The number of rotatable bonds is 5. The molecule has 0 saturated carbocycles. The molecule has 1 fully saturated rings. The van der Waals surface area contributed by atoms with Crippen molar-refractivity contribution in [3.05, 3.63) is 78.0 Å². The van der Waals surface area contributed by atoms with Crippen molar-refractivity contribution in [1.82, 2.24) is 14.9 Å². The van der Waals surface area contributed by atoms with Gasteiger partial charge in [0.2, 0.25) is 0 Å². The summed E-state index contributed by atoms with van der Waals surface area (Å²) in [5, 5.41) is 0. The lowest BCUT2D eigenvalue weighted by atomic mass is 9.89. The maximum Gasteiger partial charge on any atom is 0.166 e. The van der Waals surface area contributed by atoms with Crippen molar-refractivity contribution in [2.24, 2.45) is 5.92 Å². The molecule has 1 aromatic heterocycles. The van der Waals surface area contributed by atoms with Gasteiger partial charge in [0.15, 0.2) is 5.78 Å². The maximum atomic E-state index is 13.0. The molecule has 0 radical (unpaired) electrons. The summed E-state index contributed by atoms with van der Waals surface area (Å²) in [6.45, 7) is 2.47. The summed E-state index contributed by atoms with van der Waals surface area (Å²) < 4.78 is 13.0. The number of ketones is 1. The lowest BCUT2D eigenvalue weighted by Gasteiger charge is -2.30. The number of imidazole rings is 1. The molecule has 0 aliphatic carbocycles. The number of benzene rings is 2. The van der Waals surface area contributed by atoms with Gasteiger partial charge in [-0.2, -0.15) is 0 Å². The fraction of sp³-hybridized carbons (Fsp3) is 0.273. The molecule has 1 saturated heterocycles. The molecule has 2 aromatic carbocycles. The van der Waals surface area contributed by atoms with Gasteiger partial charge in [-0.25, -0.2) is 9.37 Å². The molecule has 5 heteroatoms. The zero-order chi connectivity index (χ0) is 18.6. The second-order valence-electron chi connectivity index (χ2n) is 7.03. The molecule has 0 atom stereocenters. The van der Waals surface area contributed by atoms with Gasteiger partial charge in [-0.1, -0.05) is 30.3 Å². The SMILES string of the molecule is O=C(c1ccc(F)cc1)C1CCN(Cc2ncc(-c3ccccc3)[nH]2)CC1. The highest BCUT2D eigenvalue weighted by Crippen LogP contribution is 2.23. The number of aromatic nitrogens is 2. The number of Topliss-reactive ketones (excluding diaryl/α,β-unsaturated/α-hetero) is 1. The van der Waals surface area contributed by atoms with Crippen LogP contribution in [0.1, 0.15) is 29.0 Å². The van der Waals surface area contributed by atoms with Gasteiger partial charge in [0.25, 0.3) is 0 Å². The number of nitrogens with one attached hydrogen (secondary N) is 1. The van der Waals surface area contributed by atoms with Gasteiger partial charge in [-0.15, -0.1) is 0 Å². The van der Waals surface area contributed by atoms with Crippen LogP contribution in [0.4, 0.5) is 4.39 Å². The van der Waals surface area contributed by atoms with Gasteiger partial charge in [0.1, 0.15) is 11.6 Å². The Balaban J connectivity index is 1.33. The highest BCUT2D eigenvalue weighted by Gasteiger charge is 2.26. The van der Waals surface area contributed by atoms with E-state index in [0.29, 0.717) is 5.56 Å². The zero-order valence-corrected chi connectivity index (χ0v) is 15.1. The van der Waals surface area contributed by atoms with Gasteiger partial charge >= 0.3 is 0 Å². The number of carbonyl (C=O) groups is 1. The predicted octanol–water partition coefficient (Wildman–Crippen LogP) is 4.31. The number of H-pyrrole nitrogens is 1. The second-order valence-corrected chi connectivity index (χ2v) is 7.03. The Morgan fingerprint density at radius 1 is 1.07 bits per heavy atom. The Bertz CT molecular complexity index is 897. The number of nitrogens with zero attached hydrogens (tertiary/aromatic N) is 2. The van der Waals surface area contributed by atoms with Crippen molar-refractivity contribution < 1.29 is 9.18 Å². The number of likely N-dealkylation sites (tertiary alicyclic amines) is 1. The number of halogens is 1. The summed E-state index contributed by atoms with van der Waals surface area (Å²) in [5.41, 5.74) is 2.75. The van der Waals surface area contributed by atoms with Crippen molar-refractivity contribution in [3.8, 4) is 11.3 Å². The van der Waals surface area contributed by atoms with Crippen LogP contribution in [0.5, 0.6) is 0 Å². The van der Waals surface area contributed by atoms with Gasteiger partial charge in [-0.3, -0.25) is 9.69 Å². The molecule has 4 nitrogen and oxygen atoms in total. The fourth-order valence-electron chi connectivity index (χ4n) is 3.62. The van der Waals surface area contributed by atoms with Crippen molar-refractivity contribution >= 4 is 5.78 Å². The first-order chi connectivity index (χ1) is 13.2. The van der Waals surface area contributed by atoms with Crippen molar-refractivity contribution in [2.75, 3.05) is 13.1 Å². The van der Waals surface area contributed by atoms with Crippen molar-refractivity contribution in [2.45, 2.75) is 19.4 Å². The quantitative estimate of drug-likeness (QED) is 0.687. The van der Waals surface area contributed by atoms with E-state index < -0.39 is 0 Å². The number of piperidine rings is 1. The minimum Gasteiger partial charge on any atom is -0.341 e. The monoisotopic (exact) mass is 363 g/mol. The van der Waals surface area contributed by atoms with Crippen LogP contribution >= 0.6 is 0 Å². The lowest BCUT2D eigenvalue weighted by molar-refractivity contribution is 0.0833. The first-order valence-corrected chi connectivity index (χ1v) is 9.30. The third-order valence-corrected chi connectivity index (χ3v) is 5.17. The van der Waals surface area contributed by atoms with E-state index in [1.165, 1.54) is 12.1 Å². The average molecular weight is 363 g/mol. The molecule has 138 valence electrons. The van der Waals surface area contributed by atoms with Crippen molar-refractivity contribution in [3.63, 3.8) is 0 Å². The van der Waals surface area contributed by atoms with Crippen LogP contribution in [0.3, 0.4) is 0 Å². The van der Waals surface area contributed by atoms with E-state index in [0.717, 1.165) is 49.6 Å². The van der Waals surface area contributed by atoms with Crippen LogP contribution in [0.15, 0.2) is 60.8 Å². The Labute approximate surface area is 158 Å². The molecule has 1 aliphatic heterocycles. The lowest BCUT2D eigenvalue weighted by Crippen LogP contribution is -2.36. The molecule has 0 amide bonds.